The van der Waals surface area contributed by atoms with Gasteiger partial charge in [-0.05, 0) is 43.5 Å². The molecule has 182 valence electrons. The van der Waals surface area contributed by atoms with Crippen molar-refractivity contribution in [2.45, 2.75) is 31.1 Å². The zero-order valence-electron chi connectivity index (χ0n) is 19.5. The van der Waals surface area contributed by atoms with E-state index in [1.54, 1.807) is 35.2 Å². The lowest BCUT2D eigenvalue weighted by Gasteiger charge is -2.27. The molecule has 1 saturated heterocycles. The Balaban J connectivity index is 1.43. The van der Waals surface area contributed by atoms with E-state index < -0.39 is 9.84 Å². The molecule has 1 amide bonds. The summed E-state index contributed by atoms with van der Waals surface area (Å²) in [6.07, 6.45) is 1.27. The first-order valence-electron chi connectivity index (χ1n) is 11.7. The van der Waals surface area contributed by atoms with Crippen LogP contribution in [0.25, 0.3) is 10.2 Å². The van der Waals surface area contributed by atoms with Gasteiger partial charge < -0.3 is 4.74 Å². The van der Waals surface area contributed by atoms with E-state index in [0.29, 0.717) is 16.6 Å². The van der Waals surface area contributed by atoms with Gasteiger partial charge in [0, 0.05) is 32.6 Å². The fraction of sp³-hybridized carbons (Fsp3) is 0.440. The minimum absolute atomic E-state index is 0.0523. The van der Waals surface area contributed by atoms with E-state index in [9.17, 15) is 13.2 Å². The molecule has 0 aliphatic carbocycles. The molecule has 0 unspecified atom stereocenters. The summed E-state index contributed by atoms with van der Waals surface area (Å²) < 4.78 is 31.7. The fourth-order valence-corrected chi connectivity index (χ4v) is 6.51. The van der Waals surface area contributed by atoms with Crippen LogP contribution in [-0.2, 0) is 19.4 Å². The van der Waals surface area contributed by atoms with Gasteiger partial charge in [-0.25, -0.2) is 13.4 Å². The quantitative estimate of drug-likeness (QED) is 0.419. The maximum atomic E-state index is 13.3. The highest BCUT2D eigenvalue weighted by atomic mass is 32.2. The molecule has 0 radical (unpaired) electrons. The van der Waals surface area contributed by atoms with Gasteiger partial charge in [-0.3, -0.25) is 14.6 Å². The summed E-state index contributed by atoms with van der Waals surface area (Å²) in [5.41, 5.74) is 2.00. The van der Waals surface area contributed by atoms with Crippen molar-refractivity contribution >= 4 is 42.4 Å². The third-order valence-electron chi connectivity index (χ3n) is 6.01. The summed E-state index contributed by atoms with van der Waals surface area (Å²) >= 11 is 1.51. The van der Waals surface area contributed by atoms with Crippen LogP contribution in [0.4, 0.5) is 5.13 Å². The number of carbonyl (C=O) groups is 1. The zero-order chi connectivity index (χ0) is 24.0. The number of anilines is 1. The Labute approximate surface area is 205 Å². The van der Waals surface area contributed by atoms with Crippen molar-refractivity contribution in [1.82, 2.24) is 9.88 Å². The highest BCUT2D eigenvalue weighted by Gasteiger charge is 2.22. The Hall–Kier alpha value is -2.33. The first-order chi connectivity index (χ1) is 16.4. The topological polar surface area (TPSA) is 79.8 Å². The van der Waals surface area contributed by atoms with Gasteiger partial charge in [-0.1, -0.05) is 41.7 Å². The Kier molecular flexibility index (Phi) is 8.31. The number of thiazole rings is 1. The van der Waals surface area contributed by atoms with Gasteiger partial charge in [0.15, 0.2) is 15.0 Å². The smallest absolute Gasteiger partial charge is 0.228 e. The number of benzene rings is 2. The second-order valence-corrected chi connectivity index (χ2v) is 11.6. The zero-order valence-corrected chi connectivity index (χ0v) is 21.1. The van der Waals surface area contributed by atoms with Gasteiger partial charge in [-0.2, -0.15) is 0 Å². The lowest BCUT2D eigenvalue weighted by molar-refractivity contribution is -0.118. The van der Waals surface area contributed by atoms with Gasteiger partial charge in [0.25, 0.3) is 0 Å². The van der Waals surface area contributed by atoms with E-state index in [1.807, 2.05) is 25.1 Å². The first kappa shape index (κ1) is 24.8. The van der Waals surface area contributed by atoms with Gasteiger partial charge >= 0.3 is 0 Å². The molecule has 7 nitrogen and oxygen atoms in total. The van der Waals surface area contributed by atoms with E-state index >= 15 is 0 Å². The number of sulfone groups is 1. The summed E-state index contributed by atoms with van der Waals surface area (Å²) in [4.78, 5) is 22.4. The largest absolute Gasteiger partial charge is 0.379 e. The van der Waals surface area contributed by atoms with Crippen LogP contribution in [0.1, 0.15) is 24.8 Å². The molecule has 3 aromatic rings. The number of fused-ring (bicyclic) bond motifs is 1. The molecule has 0 spiro atoms. The predicted octanol–water partition coefficient (Wildman–Crippen LogP) is 3.91. The van der Waals surface area contributed by atoms with Crippen molar-refractivity contribution in [1.29, 1.82) is 0 Å². The minimum atomic E-state index is -3.41. The summed E-state index contributed by atoms with van der Waals surface area (Å²) in [5, 5.41) is 0.683. The molecule has 0 N–H and O–H groups in total. The fourth-order valence-electron chi connectivity index (χ4n) is 4.09. The van der Waals surface area contributed by atoms with E-state index in [0.717, 1.165) is 55.0 Å². The monoisotopic (exact) mass is 501 g/mol. The third-order valence-corrected chi connectivity index (χ3v) is 8.87. The molecular weight excluding hydrogens is 470 g/mol. The highest BCUT2D eigenvalue weighted by Crippen LogP contribution is 2.31. The molecule has 1 aliphatic heterocycles. The number of nitrogens with zero attached hydrogens (tertiary/aromatic N) is 3. The molecule has 0 bridgehead atoms. The van der Waals surface area contributed by atoms with Crippen molar-refractivity contribution in [3.8, 4) is 0 Å². The molecule has 0 atom stereocenters. The van der Waals surface area contributed by atoms with Crippen LogP contribution in [0, 0.1) is 6.92 Å². The van der Waals surface area contributed by atoms with Gasteiger partial charge in [0.05, 0.1) is 34.1 Å². The number of carbonyl (C=O) groups excluding carboxylic acids is 1. The van der Waals surface area contributed by atoms with Gasteiger partial charge in [0.2, 0.25) is 5.91 Å². The maximum Gasteiger partial charge on any atom is 0.228 e. The van der Waals surface area contributed by atoms with E-state index in [-0.39, 0.29) is 24.5 Å². The minimum Gasteiger partial charge on any atom is -0.379 e. The SMILES string of the molecule is Cc1cccc2sc(N(CCCN3CCOCC3)C(=O)CCCS(=O)(=O)c3ccccc3)nc12. The summed E-state index contributed by atoms with van der Waals surface area (Å²) in [7, 11) is -3.41. The summed E-state index contributed by atoms with van der Waals surface area (Å²) in [6.45, 7) is 6.77. The van der Waals surface area contributed by atoms with Crippen LogP contribution in [0.15, 0.2) is 53.4 Å². The number of rotatable bonds is 10. The summed E-state index contributed by atoms with van der Waals surface area (Å²) in [6, 6.07) is 14.4. The molecule has 0 saturated carbocycles. The van der Waals surface area contributed by atoms with Gasteiger partial charge in [-0.15, -0.1) is 0 Å². The van der Waals surface area contributed by atoms with Crippen molar-refractivity contribution in [3.05, 3.63) is 54.1 Å². The average molecular weight is 502 g/mol. The Morgan fingerprint density at radius 2 is 1.85 bits per heavy atom. The number of para-hydroxylation sites is 1. The number of hydrogen-bond donors (Lipinski definition) is 0. The Morgan fingerprint density at radius 3 is 2.59 bits per heavy atom. The molecule has 1 aromatic heterocycles. The van der Waals surface area contributed by atoms with Crippen LogP contribution in [0.3, 0.4) is 0 Å². The highest BCUT2D eigenvalue weighted by molar-refractivity contribution is 7.91. The lowest BCUT2D eigenvalue weighted by atomic mass is 10.2. The second-order valence-electron chi connectivity index (χ2n) is 8.51. The van der Waals surface area contributed by atoms with Crippen molar-refractivity contribution < 1.29 is 17.9 Å². The number of hydrogen-bond acceptors (Lipinski definition) is 7. The number of ether oxygens (including phenoxy) is 1. The van der Waals surface area contributed by atoms with Crippen molar-refractivity contribution in [2.24, 2.45) is 0 Å². The number of amides is 1. The maximum absolute atomic E-state index is 13.3. The predicted molar refractivity (Wildman–Crippen MR) is 136 cm³/mol. The normalized spacial score (nSPS) is 15.0. The lowest BCUT2D eigenvalue weighted by Crippen LogP contribution is -2.39. The first-order valence-corrected chi connectivity index (χ1v) is 14.2. The third kappa shape index (κ3) is 6.21. The Bertz CT molecular complexity index is 1210. The average Bonchev–Trinajstić information content (AvgIpc) is 3.28. The van der Waals surface area contributed by atoms with E-state index in [1.165, 1.54) is 11.3 Å². The number of morpholine rings is 1. The van der Waals surface area contributed by atoms with E-state index in [4.69, 9.17) is 9.72 Å². The van der Waals surface area contributed by atoms with Crippen LogP contribution >= 0.6 is 11.3 Å². The molecular formula is C25H31N3O4S2. The Morgan fingerprint density at radius 1 is 1.09 bits per heavy atom. The molecule has 4 rings (SSSR count). The molecule has 1 aliphatic rings. The molecule has 1 fully saturated rings. The molecule has 2 aromatic carbocycles. The van der Waals surface area contributed by atoms with Crippen molar-refractivity contribution in [2.75, 3.05) is 50.0 Å². The van der Waals surface area contributed by atoms with Crippen LogP contribution in [-0.4, -0.2) is 69.4 Å². The van der Waals surface area contributed by atoms with Crippen LogP contribution in [0.2, 0.25) is 0 Å². The standard InChI is InChI=1S/C25H31N3O4S2/c1-20-8-5-11-22-24(20)26-25(33-22)28(14-7-13-27-15-17-32-18-16-27)23(29)12-6-19-34(30,31)21-9-3-2-4-10-21/h2-5,8-11H,6-7,12-19H2,1H3. The van der Waals surface area contributed by atoms with Crippen LogP contribution in [0.5, 0.6) is 0 Å². The number of aryl methyl sites for hydroxylation is 1. The van der Waals surface area contributed by atoms with E-state index in [2.05, 4.69) is 4.90 Å². The number of aromatic nitrogens is 1. The second kappa shape index (κ2) is 11.4. The molecule has 2 heterocycles. The van der Waals surface area contributed by atoms with Crippen molar-refractivity contribution in [3.63, 3.8) is 0 Å². The van der Waals surface area contributed by atoms with Gasteiger partial charge in [0.1, 0.15) is 0 Å². The molecule has 34 heavy (non-hydrogen) atoms. The van der Waals surface area contributed by atoms with Crippen LogP contribution < -0.4 is 4.90 Å². The summed E-state index contributed by atoms with van der Waals surface area (Å²) in [5.74, 6) is -0.134. The molecule has 9 heteroatoms.